The van der Waals surface area contributed by atoms with Crippen LogP contribution in [0.2, 0.25) is 0 Å². The molecule has 0 radical (unpaired) electrons. The van der Waals surface area contributed by atoms with Gasteiger partial charge in [0.25, 0.3) is 0 Å². The van der Waals surface area contributed by atoms with Gasteiger partial charge in [-0.1, -0.05) is 0 Å². The second-order valence-corrected chi connectivity index (χ2v) is 3.21. The summed E-state index contributed by atoms with van der Waals surface area (Å²) in [7, 11) is 0. The zero-order valence-corrected chi connectivity index (χ0v) is 7.34. The van der Waals surface area contributed by atoms with Gasteiger partial charge in [0.1, 0.15) is 0 Å². The molecule has 1 atom stereocenters. The van der Waals surface area contributed by atoms with Gasteiger partial charge in [0.2, 0.25) is 0 Å². The molecule has 1 rings (SSSR count). The largest absolute Gasteiger partial charge is 0.330 e. The summed E-state index contributed by atoms with van der Waals surface area (Å²) in [6, 6.07) is 0.669. The van der Waals surface area contributed by atoms with E-state index in [0.29, 0.717) is 6.04 Å². The fourth-order valence-corrected chi connectivity index (χ4v) is 1.55. The van der Waals surface area contributed by atoms with E-state index in [-0.39, 0.29) is 0 Å². The third kappa shape index (κ3) is 2.77. The molecule has 1 fully saturated rings. The van der Waals surface area contributed by atoms with Crippen molar-refractivity contribution < 1.29 is 0 Å². The topological polar surface area (TPSA) is 41.3 Å². The van der Waals surface area contributed by atoms with Crippen molar-refractivity contribution in [1.29, 1.82) is 0 Å². The number of nitrogens with zero attached hydrogens (tertiary/aromatic N) is 1. The quantitative estimate of drug-likeness (QED) is 0.587. The Bertz CT molecular complexity index is 99.5. The van der Waals surface area contributed by atoms with Gasteiger partial charge in [0.15, 0.2) is 0 Å². The maximum atomic E-state index is 5.49. The Kier molecular flexibility index (Phi) is 3.83. The van der Waals surface area contributed by atoms with Crippen molar-refractivity contribution >= 4 is 0 Å². The normalized spacial score (nSPS) is 23.5. The molecule has 3 heteroatoms. The lowest BCUT2D eigenvalue weighted by molar-refractivity contribution is 0.178. The van der Waals surface area contributed by atoms with Gasteiger partial charge in [-0.25, -0.2) is 0 Å². The number of hydrogen-bond donors (Lipinski definition) is 2. The van der Waals surface area contributed by atoms with E-state index in [4.69, 9.17) is 5.73 Å². The molecule has 66 valence electrons. The fraction of sp³-hybridized carbons (Fsp3) is 1.00. The molecule has 0 aromatic carbocycles. The third-order valence-corrected chi connectivity index (χ3v) is 2.36. The lowest BCUT2D eigenvalue weighted by atomic mass is 10.2. The predicted octanol–water partition coefficient (Wildman–Crippen LogP) is -0.371. The first-order chi connectivity index (χ1) is 5.34. The van der Waals surface area contributed by atoms with Crippen LogP contribution in [0, 0.1) is 0 Å². The first kappa shape index (κ1) is 8.97. The van der Waals surface area contributed by atoms with Crippen LogP contribution in [-0.4, -0.2) is 43.7 Å². The number of nitrogens with two attached hydrogens (primary N) is 1. The zero-order valence-electron chi connectivity index (χ0n) is 7.34. The summed E-state index contributed by atoms with van der Waals surface area (Å²) in [4.78, 5) is 2.50. The van der Waals surface area contributed by atoms with Crippen LogP contribution in [0.5, 0.6) is 0 Å². The Morgan fingerprint density at radius 1 is 1.45 bits per heavy atom. The van der Waals surface area contributed by atoms with Crippen LogP contribution >= 0.6 is 0 Å². The Balaban J connectivity index is 2.21. The Labute approximate surface area is 68.9 Å². The minimum Gasteiger partial charge on any atom is -0.330 e. The van der Waals surface area contributed by atoms with Gasteiger partial charge in [-0.15, -0.1) is 0 Å². The lowest BCUT2D eigenvalue weighted by Gasteiger charge is -2.32. The van der Waals surface area contributed by atoms with Crippen molar-refractivity contribution in [2.24, 2.45) is 5.73 Å². The van der Waals surface area contributed by atoms with Gasteiger partial charge in [-0.05, 0) is 19.9 Å². The van der Waals surface area contributed by atoms with E-state index < -0.39 is 0 Å². The molecule has 0 unspecified atom stereocenters. The van der Waals surface area contributed by atoms with Crippen LogP contribution in [0.4, 0.5) is 0 Å². The molecule has 0 aliphatic carbocycles. The third-order valence-electron chi connectivity index (χ3n) is 2.36. The molecular formula is C8H19N3. The molecule has 0 aromatic rings. The molecule has 1 aliphatic heterocycles. The molecule has 0 bridgehead atoms. The van der Waals surface area contributed by atoms with E-state index in [1.54, 1.807) is 0 Å². The van der Waals surface area contributed by atoms with Crippen LogP contribution in [0.25, 0.3) is 0 Å². The number of rotatable bonds is 3. The van der Waals surface area contributed by atoms with E-state index in [1.807, 2.05) is 0 Å². The second-order valence-electron chi connectivity index (χ2n) is 3.21. The number of hydrogen-bond acceptors (Lipinski definition) is 3. The van der Waals surface area contributed by atoms with E-state index >= 15 is 0 Å². The van der Waals surface area contributed by atoms with Crippen LogP contribution in [0.3, 0.4) is 0 Å². The van der Waals surface area contributed by atoms with E-state index in [0.717, 1.165) is 26.1 Å². The first-order valence-electron chi connectivity index (χ1n) is 4.49. The van der Waals surface area contributed by atoms with Gasteiger partial charge in [-0.3, -0.25) is 4.90 Å². The SMILES string of the molecule is C[C@H](CCN)N1CCNCC1. The van der Waals surface area contributed by atoms with Gasteiger partial charge >= 0.3 is 0 Å². The highest BCUT2D eigenvalue weighted by molar-refractivity contribution is 4.73. The molecule has 11 heavy (non-hydrogen) atoms. The average molecular weight is 157 g/mol. The molecule has 0 amide bonds. The Hall–Kier alpha value is -0.120. The van der Waals surface area contributed by atoms with Crippen molar-refractivity contribution in [2.45, 2.75) is 19.4 Å². The van der Waals surface area contributed by atoms with Gasteiger partial charge < -0.3 is 11.1 Å². The fourth-order valence-electron chi connectivity index (χ4n) is 1.55. The van der Waals surface area contributed by atoms with Crippen molar-refractivity contribution in [3.63, 3.8) is 0 Å². The van der Waals surface area contributed by atoms with Crippen molar-refractivity contribution in [3.8, 4) is 0 Å². The summed E-state index contributed by atoms with van der Waals surface area (Å²) < 4.78 is 0. The summed E-state index contributed by atoms with van der Waals surface area (Å²) >= 11 is 0. The van der Waals surface area contributed by atoms with Crippen molar-refractivity contribution in [1.82, 2.24) is 10.2 Å². The molecule has 3 nitrogen and oxygen atoms in total. The maximum Gasteiger partial charge on any atom is 0.0110 e. The minimum absolute atomic E-state index is 0.669. The molecular weight excluding hydrogens is 138 g/mol. The van der Waals surface area contributed by atoms with Crippen LogP contribution in [0.1, 0.15) is 13.3 Å². The molecule has 1 heterocycles. The van der Waals surface area contributed by atoms with Crippen molar-refractivity contribution in [2.75, 3.05) is 32.7 Å². The highest BCUT2D eigenvalue weighted by Gasteiger charge is 2.14. The van der Waals surface area contributed by atoms with Crippen LogP contribution in [-0.2, 0) is 0 Å². The molecule has 1 aliphatic rings. The van der Waals surface area contributed by atoms with E-state index in [1.165, 1.54) is 13.1 Å². The predicted molar refractivity (Wildman–Crippen MR) is 47.6 cm³/mol. The summed E-state index contributed by atoms with van der Waals surface area (Å²) in [5, 5.41) is 3.34. The standard InChI is InChI=1S/C8H19N3/c1-8(2-3-9)11-6-4-10-5-7-11/h8,10H,2-7,9H2,1H3/t8-/m1/s1. The van der Waals surface area contributed by atoms with Crippen LogP contribution in [0.15, 0.2) is 0 Å². The smallest absolute Gasteiger partial charge is 0.0110 e. The zero-order chi connectivity index (χ0) is 8.10. The van der Waals surface area contributed by atoms with E-state index in [9.17, 15) is 0 Å². The second kappa shape index (κ2) is 4.70. The minimum atomic E-state index is 0.669. The molecule has 0 saturated carbocycles. The molecule has 0 aromatic heterocycles. The Morgan fingerprint density at radius 2 is 2.09 bits per heavy atom. The summed E-state index contributed by atoms with van der Waals surface area (Å²) in [6.07, 6.45) is 1.12. The van der Waals surface area contributed by atoms with E-state index in [2.05, 4.69) is 17.1 Å². The highest BCUT2D eigenvalue weighted by atomic mass is 15.2. The Morgan fingerprint density at radius 3 is 2.64 bits per heavy atom. The molecule has 0 spiro atoms. The maximum absolute atomic E-state index is 5.49. The van der Waals surface area contributed by atoms with Crippen LogP contribution < -0.4 is 11.1 Å². The average Bonchev–Trinajstić information content (AvgIpc) is 2.07. The monoisotopic (exact) mass is 157 g/mol. The lowest BCUT2D eigenvalue weighted by Crippen LogP contribution is -2.47. The van der Waals surface area contributed by atoms with Gasteiger partial charge in [0.05, 0.1) is 0 Å². The highest BCUT2D eigenvalue weighted by Crippen LogP contribution is 2.03. The molecule has 1 saturated heterocycles. The number of piperazine rings is 1. The summed E-state index contributed by atoms with van der Waals surface area (Å²) in [5.74, 6) is 0. The number of nitrogens with one attached hydrogen (secondary N) is 1. The van der Waals surface area contributed by atoms with Crippen molar-refractivity contribution in [3.05, 3.63) is 0 Å². The summed E-state index contributed by atoms with van der Waals surface area (Å²) in [5.41, 5.74) is 5.49. The summed E-state index contributed by atoms with van der Waals surface area (Å²) in [6.45, 7) is 7.70. The van der Waals surface area contributed by atoms with Gasteiger partial charge in [-0.2, -0.15) is 0 Å². The molecule has 3 N–H and O–H groups in total. The van der Waals surface area contributed by atoms with Gasteiger partial charge in [0, 0.05) is 32.2 Å². The first-order valence-corrected chi connectivity index (χ1v) is 4.49.